The molecule has 0 saturated carbocycles. The first-order valence-electron chi connectivity index (χ1n) is 7.83. The van der Waals surface area contributed by atoms with Crippen LogP contribution in [0.4, 0.5) is 0 Å². The Morgan fingerprint density at radius 3 is 2.52 bits per heavy atom. The maximum Gasteiger partial charge on any atom is 0.124 e. The minimum Gasteiger partial charge on any atom is -0.496 e. The van der Waals surface area contributed by atoms with E-state index in [1.165, 1.54) is 5.56 Å². The average molecular weight is 334 g/mol. The van der Waals surface area contributed by atoms with Crippen molar-refractivity contribution in [3.05, 3.63) is 65.7 Å². The van der Waals surface area contributed by atoms with Crippen LogP contribution in [-0.2, 0) is 12.1 Å². The highest BCUT2D eigenvalue weighted by Crippen LogP contribution is 2.37. The van der Waals surface area contributed by atoms with Crippen molar-refractivity contribution in [2.75, 3.05) is 20.2 Å². The predicted molar refractivity (Wildman–Crippen MR) is 95.1 cm³/mol. The molecule has 1 atom stereocenters. The third kappa shape index (κ3) is 4.05. The number of hydrogen-bond acceptors (Lipinski definition) is 3. The molecule has 0 spiro atoms. The predicted octanol–water partition coefficient (Wildman–Crippen LogP) is 3.60. The standard InChI is InChI=1S/C19H23NO2.ClH/c1-22-18-11-6-5-10-17(18)19(21)12-7-13-20(15-19)14-16-8-3-2-4-9-16;/h2-6,8-11,21H,7,12-15H2,1H3;1H. The summed E-state index contributed by atoms with van der Waals surface area (Å²) in [6.07, 6.45) is 1.76. The monoisotopic (exact) mass is 333 g/mol. The smallest absolute Gasteiger partial charge is 0.124 e. The number of ether oxygens (including phenoxy) is 1. The normalized spacial score (nSPS) is 21.5. The van der Waals surface area contributed by atoms with Gasteiger partial charge in [-0.15, -0.1) is 12.4 Å². The fraction of sp³-hybridized carbons (Fsp3) is 0.368. The summed E-state index contributed by atoms with van der Waals surface area (Å²) in [4.78, 5) is 2.32. The Morgan fingerprint density at radius 2 is 1.78 bits per heavy atom. The SMILES string of the molecule is COc1ccccc1C1(O)CCCN(Cc2ccccc2)C1.Cl. The van der Waals surface area contributed by atoms with Crippen LogP contribution in [0.5, 0.6) is 5.75 Å². The molecule has 2 aromatic carbocycles. The van der Waals surface area contributed by atoms with Gasteiger partial charge in [0.25, 0.3) is 0 Å². The minimum absolute atomic E-state index is 0. The largest absolute Gasteiger partial charge is 0.496 e. The second-order valence-electron chi connectivity index (χ2n) is 6.03. The molecule has 0 radical (unpaired) electrons. The first-order valence-corrected chi connectivity index (χ1v) is 7.83. The van der Waals surface area contributed by atoms with E-state index in [0.717, 1.165) is 37.2 Å². The van der Waals surface area contributed by atoms with E-state index >= 15 is 0 Å². The maximum absolute atomic E-state index is 11.2. The Bertz CT molecular complexity index is 620. The molecular formula is C19H24ClNO2. The summed E-state index contributed by atoms with van der Waals surface area (Å²) < 4.78 is 5.44. The van der Waals surface area contributed by atoms with Crippen molar-refractivity contribution >= 4 is 12.4 Å². The van der Waals surface area contributed by atoms with E-state index in [4.69, 9.17) is 4.74 Å². The number of methoxy groups -OCH3 is 1. The van der Waals surface area contributed by atoms with Gasteiger partial charge in [0, 0.05) is 18.7 Å². The van der Waals surface area contributed by atoms with Gasteiger partial charge in [0.1, 0.15) is 11.4 Å². The van der Waals surface area contributed by atoms with Gasteiger partial charge in [0.05, 0.1) is 7.11 Å². The number of rotatable bonds is 4. The molecule has 1 saturated heterocycles. The van der Waals surface area contributed by atoms with Crippen LogP contribution in [0.1, 0.15) is 24.0 Å². The highest BCUT2D eigenvalue weighted by molar-refractivity contribution is 5.85. The van der Waals surface area contributed by atoms with E-state index < -0.39 is 5.60 Å². The van der Waals surface area contributed by atoms with Crippen molar-refractivity contribution in [3.63, 3.8) is 0 Å². The van der Waals surface area contributed by atoms with Crippen LogP contribution in [-0.4, -0.2) is 30.2 Å². The number of halogens is 1. The summed E-state index contributed by atoms with van der Waals surface area (Å²) in [5, 5.41) is 11.2. The lowest BCUT2D eigenvalue weighted by Gasteiger charge is -2.40. The van der Waals surface area contributed by atoms with Gasteiger partial charge in [-0.3, -0.25) is 4.90 Å². The van der Waals surface area contributed by atoms with Crippen molar-refractivity contribution in [1.29, 1.82) is 0 Å². The van der Waals surface area contributed by atoms with E-state index in [1.54, 1.807) is 7.11 Å². The van der Waals surface area contributed by atoms with Gasteiger partial charge < -0.3 is 9.84 Å². The molecule has 1 N–H and O–H groups in total. The molecule has 3 rings (SSSR count). The lowest BCUT2D eigenvalue weighted by molar-refractivity contribution is -0.0395. The minimum atomic E-state index is -0.834. The quantitative estimate of drug-likeness (QED) is 0.928. The molecule has 1 heterocycles. The van der Waals surface area contributed by atoms with Gasteiger partial charge >= 0.3 is 0 Å². The number of benzene rings is 2. The van der Waals surface area contributed by atoms with Crippen molar-refractivity contribution in [2.24, 2.45) is 0 Å². The Kier molecular flexibility index (Phi) is 6.05. The summed E-state index contributed by atoms with van der Waals surface area (Å²) in [7, 11) is 1.66. The summed E-state index contributed by atoms with van der Waals surface area (Å²) in [5.74, 6) is 0.770. The number of piperidine rings is 1. The summed E-state index contributed by atoms with van der Waals surface area (Å²) in [6, 6.07) is 18.2. The van der Waals surface area contributed by atoms with Crippen LogP contribution in [0.25, 0.3) is 0 Å². The number of aliphatic hydroxyl groups is 1. The van der Waals surface area contributed by atoms with Crippen LogP contribution in [0.3, 0.4) is 0 Å². The van der Waals surface area contributed by atoms with Crippen LogP contribution in [0, 0.1) is 0 Å². The number of nitrogens with zero attached hydrogens (tertiary/aromatic N) is 1. The highest BCUT2D eigenvalue weighted by Gasteiger charge is 2.36. The molecule has 23 heavy (non-hydrogen) atoms. The molecule has 0 aliphatic carbocycles. The second kappa shape index (κ2) is 7.82. The average Bonchev–Trinajstić information content (AvgIpc) is 2.56. The fourth-order valence-electron chi connectivity index (χ4n) is 3.35. The number of likely N-dealkylation sites (tertiary alicyclic amines) is 1. The summed E-state index contributed by atoms with van der Waals surface area (Å²) in [6.45, 7) is 2.53. The topological polar surface area (TPSA) is 32.7 Å². The first-order chi connectivity index (χ1) is 10.7. The molecule has 0 bridgehead atoms. The van der Waals surface area contributed by atoms with Crippen molar-refractivity contribution in [3.8, 4) is 5.75 Å². The van der Waals surface area contributed by atoms with E-state index in [1.807, 2.05) is 30.3 Å². The third-order valence-corrected chi connectivity index (χ3v) is 4.41. The molecule has 1 aliphatic heterocycles. The summed E-state index contributed by atoms with van der Waals surface area (Å²) in [5.41, 5.74) is 1.35. The molecule has 1 unspecified atom stereocenters. The van der Waals surface area contributed by atoms with E-state index in [9.17, 15) is 5.11 Å². The molecule has 4 heteroatoms. The molecule has 124 valence electrons. The zero-order chi connectivity index (χ0) is 15.4. The van der Waals surface area contributed by atoms with Gasteiger partial charge in [-0.05, 0) is 31.0 Å². The van der Waals surface area contributed by atoms with Gasteiger partial charge in [-0.2, -0.15) is 0 Å². The molecule has 0 aromatic heterocycles. The lowest BCUT2D eigenvalue weighted by atomic mass is 9.85. The number of β-amino-alcohol motifs (C(OH)–C–C–N with tert-alkyl or cyclic N) is 1. The summed E-state index contributed by atoms with van der Waals surface area (Å²) >= 11 is 0. The first kappa shape index (κ1) is 17.8. The van der Waals surface area contributed by atoms with Crippen molar-refractivity contribution in [1.82, 2.24) is 4.90 Å². The van der Waals surface area contributed by atoms with Gasteiger partial charge in [-0.25, -0.2) is 0 Å². The van der Waals surface area contributed by atoms with E-state index in [0.29, 0.717) is 6.54 Å². The molecule has 3 nitrogen and oxygen atoms in total. The van der Waals surface area contributed by atoms with Crippen molar-refractivity contribution < 1.29 is 9.84 Å². The lowest BCUT2D eigenvalue weighted by Crippen LogP contribution is -2.45. The maximum atomic E-state index is 11.2. The zero-order valence-corrected chi connectivity index (χ0v) is 14.3. The van der Waals surface area contributed by atoms with Crippen LogP contribution >= 0.6 is 12.4 Å². The van der Waals surface area contributed by atoms with E-state index in [2.05, 4.69) is 29.2 Å². The van der Waals surface area contributed by atoms with Crippen LogP contribution < -0.4 is 4.74 Å². The fourth-order valence-corrected chi connectivity index (χ4v) is 3.35. The Labute approximate surface area is 144 Å². The highest BCUT2D eigenvalue weighted by atomic mass is 35.5. The molecule has 0 amide bonds. The van der Waals surface area contributed by atoms with Gasteiger partial charge in [0.2, 0.25) is 0 Å². The zero-order valence-electron chi connectivity index (χ0n) is 13.4. The van der Waals surface area contributed by atoms with Crippen LogP contribution in [0.15, 0.2) is 54.6 Å². The Balaban J connectivity index is 0.00000192. The molecule has 1 aliphatic rings. The van der Waals surface area contributed by atoms with Crippen molar-refractivity contribution in [2.45, 2.75) is 25.0 Å². The van der Waals surface area contributed by atoms with Gasteiger partial charge in [-0.1, -0.05) is 48.5 Å². The Hall–Kier alpha value is -1.55. The van der Waals surface area contributed by atoms with Crippen LogP contribution in [0.2, 0.25) is 0 Å². The molecule has 1 fully saturated rings. The second-order valence-corrected chi connectivity index (χ2v) is 6.03. The Morgan fingerprint density at radius 1 is 1.09 bits per heavy atom. The third-order valence-electron chi connectivity index (χ3n) is 4.41. The number of para-hydroxylation sites is 1. The van der Waals surface area contributed by atoms with Gasteiger partial charge in [0.15, 0.2) is 0 Å². The molecule has 2 aromatic rings. The van der Waals surface area contributed by atoms with E-state index in [-0.39, 0.29) is 12.4 Å². The molecular weight excluding hydrogens is 310 g/mol. The number of hydrogen-bond donors (Lipinski definition) is 1.